The minimum atomic E-state index is -0.699. The Morgan fingerprint density at radius 2 is 2.33 bits per heavy atom. The van der Waals surface area contributed by atoms with Gasteiger partial charge in [-0.2, -0.15) is 0 Å². The molecule has 1 aliphatic heterocycles. The van der Waals surface area contributed by atoms with E-state index in [1.165, 1.54) is 19.3 Å². The van der Waals surface area contributed by atoms with Crippen molar-refractivity contribution in [1.29, 1.82) is 0 Å². The van der Waals surface area contributed by atoms with E-state index in [2.05, 4.69) is 4.90 Å². The second-order valence-corrected chi connectivity index (χ2v) is 4.51. The molecule has 1 N–H and O–H groups in total. The molecule has 4 nitrogen and oxygen atoms in total. The first-order chi connectivity index (χ1) is 7.27. The molecule has 15 heavy (non-hydrogen) atoms. The molecule has 0 aromatic carbocycles. The fourth-order valence-corrected chi connectivity index (χ4v) is 2.79. The van der Waals surface area contributed by atoms with E-state index in [1.807, 2.05) is 0 Å². The third-order valence-corrected chi connectivity index (χ3v) is 3.56. The number of carbonyl (C=O) groups is 1. The van der Waals surface area contributed by atoms with Gasteiger partial charge < -0.3 is 9.84 Å². The van der Waals surface area contributed by atoms with E-state index in [9.17, 15) is 4.79 Å². The molecule has 1 saturated carbocycles. The van der Waals surface area contributed by atoms with Crippen LogP contribution in [0.15, 0.2) is 0 Å². The molecule has 86 valence electrons. The molecule has 0 spiro atoms. The smallest absolute Gasteiger partial charge is 0.304 e. The lowest BCUT2D eigenvalue weighted by atomic mass is 10.0. The second-order valence-electron chi connectivity index (χ2n) is 4.51. The molecule has 2 fully saturated rings. The number of fused-ring (bicyclic) bond motifs is 1. The summed E-state index contributed by atoms with van der Waals surface area (Å²) in [6.45, 7) is 3.20. The van der Waals surface area contributed by atoms with E-state index < -0.39 is 5.97 Å². The van der Waals surface area contributed by atoms with E-state index in [1.54, 1.807) is 0 Å². The Bertz CT molecular complexity index is 232. The maximum atomic E-state index is 10.6. The average molecular weight is 213 g/mol. The highest BCUT2D eigenvalue weighted by molar-refractivity contribution is 5.66. The van der Waals surface area contributed by atoms with Crippen LogP contribution in [-0.4, -0.2) is 48.3 Å². The summed E-state index contributed by atoms with van der Waals surface area (Å²) in [5.74, 6) is -0.0593. The molecule has 0 aromatic heterocycles. The normalized spacial score (nSPS) is 32.3. The van der Waals surface area contributed by atoms with E-state index >= 15 is 0 Å². The summed E-state index contributed by atoms with van der Waals surface area (Å²) in [7, 11) is 0. The van der Waals surface area contributed by atoms with Crippen molar-refractivity contribution in [1.82, 2.24) is 4.90 Å². The van der Waals surface area contributed by atoms with Crippen molar-refractivity contribution in [2.24, 2.45) is 5.92 Å². The molecular formula is C11H19NO3. The lowest BCUT2D eigenvalue weighted by Crippen LogP contribution is -2.39. The largest absolute Gasteiger partial charge is 0.481 e. The molecule has 1 aliphatic carbocycles. The van der Waals surface area contributed by atoms with E-state index in [0.29, 0.717) is 18.5 Å². The highest BCUT2D eigenvalue weighted by Crippen LogP contribution is 2.31. The van der Waals surface area contributed by atoms with Gasteiger partial charge in [-0.15, -0.1) is 0 Å². The van der Waals surface area contributed by atoms with Crippen molar-refractivity contribution in [3.8, 4) is 0 Å². The lowest BCUT2D eigenvalue weighted by molar-refractivity contribution is -0.137. The van der Waals surface area contributed by atoms with E-state index in [-0.39, 0.29) is 6.42 Å². The van der Waals surface area contributed by atoms with Gasteiger partial charge in [-0.3, -0.25) is 9.69 Å². The first kappa shape index (κ1) is 10.9. The number of aliphatic carboxylic acids is 1. The van der Waals surface area contributed by atoms with Gasteiger partial charge in [-0.1, -0.05) is 6.42 Å². The van der Waals surface area contributed by atoms with Crippen LogP contribution < -0.4 is 0 Å². The van der Waals surface area contributed by atoms with Gasteiger partial charge in [0, 0.05) is 19.1 Å². The average Bonchev–Trinajstić information content (AvgIpc) is 2.57. The lowest BCUT2D eigenvalue weighted by Gasteiger charge is -2.29. The van der Waals surface area contributed by atoms with Crippen LogP contribution in [0.3, 0.4) is 0 Å². The minimum absolute atomic E-state index is 0.253. The van der Waals surface area contributed by atoms with E-state index in [0.717, 1.165) is 19.8 Å². The Balaban J connectivity index is 1.92. The number of carboxylic acids is 1. The first-order valence-corrected chi connectivity index (χ1v) is 5.81. The Morgan fingerprint density at radius 3 is 3.13 bits per heavy atom. The van der Waals surface area contributed by atoms with Crippen molar-refractivity contribution in [3.63, 3.8) is 0 Å². The maximum absolute atomic E-state index is 10.6. The third kappa shape index (κ3) is 2.69. The van der Waals surface area contributed by atoms with Gasteiger partial charge in [0.2, 0.25) is 0 Å². The highest BCUT2D eigenvalue weighted by Gasteiger charge is 2.33. The Hall–Kier alpha value is -0.610. The molecule has 1 heterocycles. The third-order valence-electron chi connectivity index (χ3n) is 3.56. The van der Waals surface area contributed by atoms with Gasteiger partial charge in [-0.05, 0) is 18.8 Å². The van der Waals surface area contributed by atoms with Crippen molar-refractivity contribution >= 4 is 5.97 Å². The standard InChI is InChI=1S/C11H19NO3/c13-11(14)4-5-12-6-7-15-8-9-2-1-3-10(9)12/h9-10H,1-8H2,(H,13,14)/t9-,10-/m1/s1. The molecule has 1 saturated heterocycles. The van der Waals surface area contributed by atoms with Crippen molar-refractivity contribution in [2.75, 3.05) is 26.3 Å². The summed E-state index contributed by atoms with van der Waals surface area (Å²) >= 11 is 0. The van der Waals surface area contributed by atoms with Crippen LogP contribution in [0, 0.1) is 5.92 Å². The molecule has 2 aliphatic rings. The quantitative estimate of drug-likeness (QED) is 0.758. The van der Waals surface area contributed by atoms with Crippen LogP contribution in [0.4, 0.5) is 0 Å². The van der Waals surface area contributed by atoms with Gasteiger partial charge in [0.05, 0.1) is 19.6 Å². The minimum Gasteiger partial charge on any atom is -0.481 e. The molecular weight excluding hydrogens is 194 g/mol. The zero-order chi connectivity index (χ0) is 10.7. The van der Waals surface area contributed by atoms with Gasteiger partial charge in [-0.25, -0.2) is 0 Å². The highest BCUT2D eigenvalue weighted by atomic mass is 16.5. The van der Waals surface area contributed by atoms with Gasteiger partial charge in [0.15, 0.2) is 0 Å². The number of hydrogen-bond acceptors (Lipinski definition) is 3. The molecule has 0 amide bonds. The predicted molar refractivity (Wildman–Crippen MR) is 55.8 cm³/mol. The van der Waals surface area contributed by atoms with Crippen LogP contribution in [0.25, 0.3) is 0 Å². The fourth-order valence-electron chi connectivity index (χ4n) is 2.79. The number of carboxylic acid groups (broad SMARTS) is 1. The van der Waals surface area contributed by atoms with Crippen LogP contribution >= 0.6 is 0 Å². The zero-order valence-electron chi connectivity index (χ0n) is 9.02. The fraction of sp³-hybridized carbons (Fsp3) is 0.909. The Morgan fingerprint density at radius 1 is 1.47 bits per heavy atom. The predicted octanol–water partition coefficient (Wildman–Crippen LogP) is 0.962. The van der Waals surface area contributed by atoms with Crippen molar-refractivity contribution in [2.45, 2.75) is 31.7 Å². The molecule has 0 aromatic rings. The monoisotopic (exact) mass is 213 g/mol. The summed E-state index contributed by atoms with van der Waals surface area (Å²) in [6.07, 6.45) is 3.98. The summed E-state index contributed by atoms with van der Waals surface area (Å²) in [5, 5.41) is 8.70. The summed E-state index contributed by atoms with van der Waals surface area (Å²) in [5.41, 5.74) is 0. The van der Waals surface area contributed by atoms with Crippen LogP contribution in [-0.2, 0) is 9.53 Å². The Kier molecular flexibility index (Phi) is 3.59. The molecule has 0 bridgehead atoms. The molecule has 0 unspecified atom stereocenters. The summed E-state index contributed by atoms with van der Waals surface area (Å²) in [6, 6.07) is 0.576. The number of rotatable bonds is 3. The number of hydrogen-bond donors (Lipinski definition) is 1. The topological polar surface area (TPSA) is 49.8 Å². The van der Waals surface area contributed by atoms with Gasteiger partial charge in [0.1, 0.15) is 0 Å². The molecule has 0 radical (unpaired) electrons. The second kappa shape index (κ2) is 4.94. The van der Waals surface area contributed by atoms with E-state index in [4.69, 9.17) is 9.84 Å². The van der Waals surface area contributed by atoms with Crippen LogP contribution in [0.1, 0.15) is 25.7 Å². The molecule has 2 rings (SSSR count). The first-order valence-electron chi connectivity index (χ1n) is 5.81. The molecule has 2 atom stereocenters. The van der Waals surface area contributed by atoms with Gasteiger partial charge in [0.25, 0.3) is 0 Å². The summed E-state index contributed by atoms with van der Waals surface area (Å²) in [4.78, 5) is 12.9. The van der Waals surface area contributed by atoms with Gasteiger partial charge >= 0.3 is 5.97 Å². The van der Waals surface area contributed by atoms with Crippen LogP contribution in [0.2, 0.25) is 0 Å². The number of ether oxygens (including phenoxy) is 1. The van der Waals surface area contributed by atoms with Crippen molar-refractivity contribution < 1.29 is 14.6 Å². The maximum Gasteiger partial charge on any atom is 0.304 e. The zero-order valence-corrected chi connectivity index (χ0v) is 9.02. The molecule has 4 heteroatoms. The summed E-state index contributed by atoms with van der Waals surface area (Å²) < 4.78 is 5.56. The SMILES string of the molecule is O=C(O)CCN1CCOC[C@H]2CCC[C@H]21. The van der Waals surface area contributed by atoms with Crippen molar-refractivity contribution in [3.05, 3.63) is 0 Å². The Labute approximate surface area is 90.2 Å². The van der Waals surface area contributed by atoms with Crippen LogP contribution in [0.5, 0.6) is 0 Å². The number of nitrogens with zero attached hydrogens (tertiary/aromatic N) is 1.